The number of rotatable bonds is 6. The van der Waals surface area contributed by atoms with Gasteiger partial charge in [0, 0.05) is 23.4 Å². The van der Waals surface area contributed by atoms with Gasteiger partial charge < -0.3 is 10.6 Å². The number of aliphatic imine (C=N–C) groups is 1. The van der Waals surface area contributed by atoms with Crippen molar-refractivity contribution in [1.82, 2.24) is 4.90 Å². The van der Waals surface area contributed by atoms with Crippen LogP contribution in [-0.2, 0) is 11.3 Å². The van der Waals surface area contributed by atoms with E-state index < -0.39 is 0 Å². The van der Waals surface area contributed by atoms with Gasteiger partial charge in [-0.3, -0.25) is 14.5 Å². The van der Waals surface area contributed by atoms with Crippen molar-refractivity contribution in [2.45, 2.75) is 31.7 Å². The van der Waals surface area contributed by atoms with Crippen LogP contribution in [0, 0.1) is 0 Å². The number of ketones is 1. The topological polar surface area (TPSA) is 73.8 Å². The van der Waals surface area contributed by atoms with E-state index in [-0.39, 0.29) is 11.7 Å². The van der Waals surface area contributed by atoms with Crippen molar-refractivity contribution in [2.75, 3.05) is 17.2 Å². The van der Waals surface area contributed by atoms with Gasteiger partial charge in [-0.15, -0.1) is 0 Å². The number of anilines is 2. The highest BCUT2D eigenvalue weighted by molar-refractivity contribution is 8.03. The Hall–Kier alpha value is -3.84. The van der Waals surface area contributed by atoms with Crippen LogP contribution in [0.2, 0.25) is 0 Å². The number of amides is 1. The zero-order chi connectivity index (χ0) is 24.4. The Balaban J connectivity index is 1.57. The van der Waals surface area contributed by atoms with Crippen molar-refractivity contribution in [2.24, 2.45) is 4.99 Å². The molecule has 0 saturated carbocycles. The Bertz CT molecular complexity index is 1340. The molecule has 2 aliphatic heterocycles. The maximum Gasteiger partial charge on any atom is 0.258 e. The Morgan fingerprint density at radius 2 is 1.86 bits per heavy atom. The van der Waals surface area contributed by atoms with Crippen LogP contribution in [0.5, 0.6) is 0 Å². The number of amidine groups is 1. The van der Waals surface area contributed by atoms with E-state index >= 15 is 0 Å². The summed E-state index contributed by atoms with van der Waals surface area (Å²) in [6, 6.07) is 23.4. The molecule has 1 saturated heterocycles. The number of thioether (sulfide) groups is 1. The molecule has 2 aliphatic rings. The van der Waals surface area contributed by atoms with Crippen LogP contribution in [0.3, 0.4) is 0 Å². The maximum absolute atomic E-state index is 13.7. The van der Waals surface area contributed by atoms with Crippen LogP contribution in [0.4, 0.5) is 17.1 Å². The monoisotopic (exact) mass is 482 g/mol. The lowest BCUT2D eigenvalue weighted by Crippen LogP contribution is -2.29. The molecule has 0 aromatic heterocycles. The normalized spacial score (nSPS) is 18.1. The van der Waals surface area contributed by atoms with E-state index in [1.54, 1.807) is 35.7 Å². The Morgan fingerprint density at radius 1 is 1.09 bits per heavy atom. The summed E-state index contributed by atoms with van der Waals surface area (Å²) in [6.07, 6.45) is 0.408. The first-order valence-corrected chi connectivity index (χ1v) is 12.4. The van der Waals surface area contributed by atoms with Gasteiger partial charge in [0.05, 0.1) is 34.2 Å². The zero-order valence-corrected chi connectivity index (χ0v) is 20.5. The van der Waals surface area contributed by atoms with Gasteiger partial charge >= 0.3 is 0 Å². The molecule has 2 heterocycles. The number of benzene rings is 3. The average Bonchev–Trinajstić information content (AvgIpc) is 3.42. The van der Waals surface area contributed by atoms with Crippen molar-refractivity contribution in [1.29, 1.82) is 0 Å². The van der Waals surface area contributed by atoms with Gasteiger partial charge in [0.25, 0.3) is 5.91 Å². The van der Waals surface area contributed by atoms with E-state index in [1.807, 2.05) is 67.6 Å². The quantitative estimate of drug-likeness (QED) is 0.323. The molecule has 7 heteroatoms. The highest BCUT2D eigenvalue weighted by atomic mass is 32.2. The molecule has 2 N–H and O–H groups in total. The van der Waals surface area contributed by atoms with E-state index in [0.717, 1.165) is 33.4 Å². The Labute approximate surface area is 209 Å². The summed E-state index contributed by atoms with van der Waals surface area (Å²) < 4.78 is 0. The molecule has 3 aromatic carbocycles. The van der Waals surface area contributed by atoms with Gasteiger partial charge in [-0.05, 0) is 49.7 Å². The first kappa shape index (κ1) is 22.9. The minimum absolute atomic E-state index is 0.0229. The zero-order valence-electron chi connectivity index (χ0n) is 19.7. The van der Waals surface area contributed by atoms with Gasteiger partial charge in [-0.1, -0.05) is 54.2 Å². The lowest BCUT2D eigenvalue weighted by Gasteiger charge is -2.18. The lowest BCUT2D eigenvalue weighted by molar-refractivity contribution is -0.122. The second-order valence-electron chi connectivity index (χ2n) is 8.43. The number of likely N-dealkylation sites (tertiary alicyclic amines) is 1. The minimum atomic E-state index is -0.0527. The third kappa shape index (κ3) is 4.72. The fourth-order valence-electron chi connectivity index (χ4n) is 4.19. The fourth-order valence-corrected chi connectivity index (χ4v) is 5.23. The number of hydrogen-bond acceptors (Lipinski definition) is 6. The van der Waals surface area contributed by atoms with Gasteiger partial charge in [-0.2, -0.15) is 0 Å². The summed E-state index contributed by atoms with van der Waals surface area (Å²) in [5, 5.41) is 7.59. The number of fused-ring (bicyclic) bond motifs is 1. The number of carbonyl (C=O) groups is 2. The van der Waals surface area contributed by atoms with Crippen molar-refractivity contribution >= 4 is 46.4 Å². The predicted octanol–water partition coefficient (Wildman–Crippen LogP) is 6.21. The SMILES string of the molecule is CCNc1ccc(C(C)=O)cc1N=C1C/C(=C2/Nc3ccccc3S2)C(=O)N1Cc1ccccc1. The summed E-state index contributed by atoms with van der Waals surface area (Å²) in [7, 11) is 0. The summed E-state index contributed by atoms with van der Waals surface area (Å²) in [5.41, 5.74) is 4.82. The molecule has 0 aliphatic carbocycles. The first-order chi connectivity index (χ1) is 17.0. The molecular formula is C28H26N4O2S. The van der Waals surface area contributed by atoms with Crippen LogP contribution >= 0.6 is 11.8 Å². The molecule has 0 spiro atoms. The van der Waals surface area contributed by atoms with Gasteiger partial charge in [0.1, 0.15) is 5.84 Å². The third-order valence-electron chi connectivity index (χ3n) is 5.98. The van der Waals surface area contributed by atoms with Crippen molar-refractivity contribution in [3.63, 3.8) is 0 Å². The number of nitrogens with one attached hydrogen (secondary N) is 2. The van der Waals surface area contributed by atoms with Crippen LogP contribution in [0.1, 0.15) is 36.2 Å². The molecule has 0 bridgehead atoms. The van der Waals surface area contributed by atoms with Crippen molar-refractivity contribution < 1.29 is 9.59 Å². The smallest absolute Gasteiger partial charge is 0.258 e. The second kappa shape index (κ2) is 9.80. The van der Waals surface area contributed by atoms with Crippen molar-refractivity contribution in [3.8, 4) is 0 Å². The Morgan fingerprint density at radius 3 is 2.60 bits per heavy atom. The molecule has 6 nitrogen and oxygen atoms in total. The average molecular weight is 483 g/mol. The van der Waals surface area contributed by atoms with Crippen LogP contribution in [0.25, 0.3) is 0 Å². The molecular weight excluding hydrogens is 456 g/mol. The van der Waals surface area contributed by atoms with E-state index in [0.29, 0.717) is 35.6 Å². The lowest BCUT2D eigenvalue weighted by atomic mass is 10.1. The van der Waals surface area contributed by atoms with Crippen molar-refractivity contribution in [3.05, 3.63) is 94.5 Å². The largest absolute Gasteiger partial charge is 0.384 e. The molecule has 1 amide bonds. The van der Waals surface area contributed by atoms with Gasteiger partial charge in [-0.25, -0.2) is 4.99 Å². The number of Topliss-reactive ketones (excluding diaryl/α,β-unsaturated/α-hetero) is 1. The van der Waals surface area contributed by atoms with E-state index in [2.05, 4.69) is 10.6 Å². The third-order valence-corrected chi connectivity index (χ3v) is 7.10. The maximum atomic E-state index is 13.7. The molecule has 0 atom stereocenters. The molecule has 1 fully saturated rings. The highest BCUT2D eigenvalue weighted by Gasteiger charge is 2.36. The standard InChI is InChI=1S/C28H26N4O2S/c1-3-29-22-14-13-20(18(2)33)15-24(22)30-26-16-21(27-31-23-11-7-8-12-25(23)35-27)28(34)32(26)17-19-9-5-4-6-10-19/h4-15,29,31H,3,16-17H2,1-2H3/b27-21+,30-26?. The Kier molecular flexibility index (Phi) is 6.42. The van der Waals surface area contributed by atoms with Crippen LogP contribution < -0.4 is 10.6 Å². The number of nitrogens with zero attached hydrogens (tertiary/aromatic N) is 2. The summed E-state index contributed by atoms with van der Waals surface area (Å²) >= 11 is 1.58. The first-order valence-electron chi connectivity index (χ1n) is 11.6. The van der Waals surface area contributed by atoms with Crippen LogP contribution in [-0.4, -0.2) is 29.0 Å². The minimum Gasteiger partial charge on any atom is -0.384 e. The molecule has 3 aromatic rings. The fraction of sp³-hybridized carbons (Fsp3) is 0.179. The van der Waals surface area contributed by atoms with Gasteiger partial charge in [0.15, 0.2) is 5.78 Å². The summed E-state index contributed by atoms with van der Waals surface area (Å²) in [4.78, 5) is 33.5. The molecule has 176 valence electrons. The van der Waals surface area contributed by atoms with E-state index in [1.165, 1.54) is 0 Å². The molecule has 0 radical (unpaired) electrons. The molecule has 35 heavy (non-hydrogen) atoms. The predicted molar refractivity (Wildman–Crippen MR) is 142 cm³/mol. The van der Waals surface area contributed by atoms with Crippen LogP contribution in [0.15, 0.2) is 93.3 Å². The van der Waals surface area contributed by atoms with Gasteiger partial charge in [0.2, 0.25) is 0 Å². The molecule has 5 rings (SSSR count). The summed E-state index contributed by atoms with van der Waals surface area (Å²) in [6.45, 7) is 4.71. The molecule has 0 unspecified atom stereocenters. The van der Waals surface area contributed by atoms with E-state index in [9.17, 15) is 9.59 Å². The second-order valence-corrected chi connectivity index (χ2v) is 9.48. The number of hydrogen-bond donors (Lipinski definition) is 2. The van der Waals surface area contributed by atoms with E-state index in [4.69, 9.17) is 4.99 Å². The number of para-hydroxylation sites is 1. The number of carbonyl (C=O) groups excluding carboxylic acids is 2. The summed E-state index contributed by atoms with van der Waals surface area (Å²) in [5.74, 6) is 0.591. The highest BCUT2D eigenvalue weighted by Crippen LogP contribution is 2.44.